The van der Waals surface area contributed by atoms with E-state index in [2.05, 4.69) is 17.1 Å². The molecule has 0 saturated carbocycles. The van der Waals surface area contributed by atoms with Crippen molar-refractivity contribution < 1.29 is 4.74 Å². The summed E-state index contributed by atoms with van der Waals surface area (Å²) in [7, 11) is 2.02. The lowest BCUT2D eigenvalue weighted by molar-refractivity contribution is -0.0299. The predicted molar refractivity (Wildman–Crippen MR) is 59.6 cm³/mol. The number of ether oxygens (including phenoxy) is 1. The molecule has 1 atom stereocenters. The van der Waals surface area contributed by atoms with E-state index in [1.54, 1.807) is 0 Å². The first-order valence-corrected chi connectivity index (χ1v) is 5.85. The SMILES string of the molecule is CCC1CN(CCCCNC)CCO1. The van der Waals surface area contributed by atoms with Gasteiger partial charge in [0, 0.05) is 13.1 Å². The van der Waals surface area contributed by atoms with Gasteiger partial charge in [0.05, 0.1) is 12.7 Å². The van der Waals surface area contributed by atoms with Crippen molar-refractivity contribution in [1.82, 2.24) is 10.2 Å². The number of nitrogens with zero attached hydrogens (tertiary/aromatic N) is 1. The number of hydrogen-bond acceptors (Lipinski definition) is 3. The minimum Gasteiger partial charge on any atom is -0.376 e. The number of hydrogen-bond donors (Lipinski definition) is 1. The Morgan fingerprint density at radius 3 is 3.00 bits per heavy atom. The average Bonchev–Trinajstić information content (AvgIpc) is 2.25. The molecule has 0 spiro atoms. The van der Waals surface area contributed by atoms with Crippen LogP contribution in [0.5, 0.6) is 0 Å². The van der Waals surface area contributed by atoms with Gasteiger partial charge in [0.2, 0.25) is 0 Å². The summed E-state index contributed by atoms with van der Waals surface area (Å²) >= 11 is 0. The summed E-state index contributed by atoms with van der Waals surface area (Å²) in [4.78, 5) is 2.54. The second-order valence-corrected chi connectivity index (χ2v) is 4.01. The third kappa shape index (κ3) is 4.40. The van der Waals surface area contributed by atoms with E-state index >= 15 is 0 Å². The van der Waals surface area contributed by atoms with Crippen LogP contribution in [0.3, 0.4) is 0 Å². The van der Waals surface area contributed by atoms with E-state index in [0.717, 1.165) is 32.7 Å². The van der Waals surface area contributed by atoms with Crippen molar-refractivity contribution in [3.63, 3.8) is 0 Å². The van der Waals surface area contributed by atoms with Crippen LogP contribution in [0.4, 0.5) is 0 Å². The summed E-state index contributed by atoms with van der Waals surface area (Å²) in [5, 5.41) is 3.18. The van der Waals surface area contributed by atoms with Gasteiger partial charge in [-0.2, -0.15) is 0 Å². The molecule has 0 aliphatic carbocycles. The maximum Gasteiger partial charge on any atom is 0.0700 e. The molecule has 0 aromatic carbocycles. The van der Waals surface area contributed by atoms with E-state index in [9.17, 15) is 0 Å². The largest absolute Gasteiger partial charge is 0.376 e. The van der Waals surface area contributed by atoms with Crippen LogP contribution in [-0.2, 0) is 4.74 Å². The molecule has 0 aromatic heterocycles. The van der Waals surface area contributed by atoms with Crippen LogP contribution in [-0.4, -0.2) is 50.8 Å². The fraction of sp³-hybridized carbons (Fsp3) is 1.00. The molecule has 84 valence electrons. The molecule has 0 amide bonds. The molecule has 0 bridgehead atoms. The Morgan fingerprint density at radius 1 is 1.43 bits per heavy atom. The molecule has 3 nitrogen and oxygen atoms in total. The van der Waals surface area contributed by atoms with Gasteiger partial charge in [-0.1, -0.05) is 6.92 Å². The number of nitrogens with one attached hydrogen (secondary N) is 1. The summed E-state index contributed by atoms with van der Waals surface area (Å²) in [6, 6.07) is 0. The quantitative estimate of drug-likeness (QED) is 0.650. The molecule has 1 saturated heterocycles. The zero-order valence-corrected chi connectivity index (χ0v) is 9.59. The highest BCUT2D eigenvalue weighted by Gasteiger charge is 2.17. The summed E-state index contributed by atoms with van der Waals surface area (Å²) in [6.07, 6.45) is 4.21. The van der Waals surface area contributed by atoms with Crippen LogP contribution in [0.1, 0.15) is 26.2 Å². The second kappa shape index (κ2) is 7.21. The van der Waals surface area contributed by atoms with Gasteiger partial charge in [0.15, 0.2) is 0 Å². The summed E-state index contributed by atoms with van der Waals surface area (Å²) in [5.74, 6) is 0. The van der Waals surface area contributed by atoms with Crippen molar-refractivity contribution >= 4 is 0 Å². The molecule has 1 rings (SSSR count). The Bertz CT molecular complexity index is 141. The fourth-order valence-corrected chi connectivity index (χ4v) is 1.87. The molecular weight excluding hydrogens is 176 g/mol. The predicted octanol–water partition coefficient (Wildman–Crippen LogP) is 1.10. The Balaban J connectivity index is 2.05. The first-order chi connectivity index (χ1) is 6.86. The minimum atomic E-state index is 0.480. The lowest BCUT2D eigenvalue weighted by Crippen LogP contribution is -2.42. The van der Waals surface area contributed by atoms with Gasteiger partial charge in [0.25, 0.3) is 0 Å². The molecule has 3 heteroatoms. The molecule has 1 aliphatic heterocycles. The zero-order chi connectivity index (χ0) is 10.2. The molecule has 1 unspecified atom stereocenters. The van der Waals surface area contributed by atoms with E-state index in [1.165, 1.54) is 19.4 Å². The summed E-state index contributed by atoms with van der Waals surface area (Å²) < 4.78 is 5.63. The van der Waals surface area contributed by atoms with E-state index in [4.69, 9.17) is 4.74 Å². The molecule has 14 heavy (non-hydrogen) atoms. The van der Waals surface area contributed by atoms with Gasteiger partial charge in [-0.3, -0.25) is 4.90 Å². The topological polar surface area (TPSA) is 24.5 Å². The van der Waals surface area contributed by atoms with Gasteiger partial charge < -0.3 is 10.1 Å². The Labute approximate surface area is 87.8 Å². The normalized spacial score (nSPS) is 24.0. The highest BCUT2D eigenvalue weighted by molar-refractivity contribution is 4.70. The smallest absolute Gasteiger partial charge is 0.0700 e. The molecule has 1 N–H and O–H groups in total. The molecular formula is C11H24N2O. The first kappa shape index (κ1) is 12.0. The molecule has 0 radical (unpaired) electrons. The van der Waals surface area contributed by atoms with Gasteiger partial charge in [0.1, 0.15) is 0 Å². The summed E-state index contributed by atoms with van der Waals surface area (Å²) in [6.45, 7) is 7.76. The number of morpholine rings is 1. The van der Waals surface area contributed by atoms with Crippen molar-refractivity contribution in [1.29, 1.82) is 0 Å². The van der Waals surface area contributed by atoms with Crippen LogP contribution in [0.2, 0.25) is 0 Å². The monoisotopic (exact) mass is 200 g/mol. The lowest BCUT2D eigenvalue weighted by Gasteiger charge is -2.32. The highest BCUT2D eigenvalue weighted by atomic mass is 16.5. The van der Waals surface area contributed by atoms with Crippen LogP contribution >= 0.6 is 0 Å². The van der Waals surface area contributed by atoms with E-state index in [1.807, 2.05) is 7.05 Å². The van der Waals surface area contributed by atoms with Crippen molar-refractivity contribution in [3.05, 3.63) is 0 Å². The third-order valence-corrected chi connectivity index (χ3v) is 2.83. The van der Waals surface area contributed by atoms with Gasteiger partial charge >= 0.3 is 0 Å². The van der Waals surface area contributed by atoms with Gasteiger partial charge in [-0.15, -0.1) is 0 Å². The lowest BCUT2D eigenvalue weighted by atomic mass is 10.2. The average molecular weight is 200 g/mol. The minimum absolute atomic E-state index is 0.480. The van der Waals surface area contributed by atoms with Crippen molar-refractivity contribution in [3.8, 4) is 0 Å². The zero-order valence-electron chi connectivity index (χ0n) is 9.59. The maximum atomic E-state index is 5.63. The standard InChI is InChI=1S/C11H24N2O/c1-3-11-10-13(8-9-14-11)7-5-4-6-12-2/h11-12H,3-10H2,1-2H3. The fourth-order valence-electron chi connectivity index (χ4n) is 1.87. The first-order valence-electron chi connectivity index (χ1n) is 5.85. The van der Waals surface area contributed by atoms with Crippen molar-refractivity contribution in [2.24, 2.45) is 0 Å². The van der Waals surface area contributed by atoms with E-state index < -0.39 is 0 Å². The Hall–Kier alpha value is -0.120. The van der Waals surface area contributed by atoms with E-state index in [0.29, 0.717) is 6.10 Å². The summed E-state index contributed by atoms with van der Waals surface area (Å²) in [5.41, 5.74) is 0. The van der Waals surface area contributed by atoms with Crippen LogP contribution in [0.15, 0.2) is 0 Å². The van der Waals surface area contributed by atoms with Crippen LogP contribution in [0.25, 0.3) is 0 Å². The number of rotatable bonds is 6. The molecule has 1 fully saturated rings. The van der Waals surface area contributed by atoms with Gasteiger partial charge in [-0.25, -0.2) is 0 Å². The molecule has 1 heterocycles. The number of unbranched alkanes of at least 4 members (excludes halogenated alkanes) is 1. The van der Waals surface area contributed by atoms with Gasteiger partial charge in [-0.05, 0) is 39.4 Å². The second-order valence-electron chi connectivity index (χ2n) is 4.01. The van der Waals surface area contributed by atoms with Crippen molar-refractivity contribution in [2.75, 3.05) is 39.8 Å². The molecule has 1 aliphatic rings. The van der Waals surface area contributed by atoms with Crippen LogP contribution < -0.4 is 5.32 Å². The molecule has 0 aromatic rings. The highest BCUT2D eigenvalue weighted by Crippen LogP contribution is 2.08. The van der Waals surface area contributed by atoms with E-state index in [-0.39, 0.29) is 0 Å². The Kier molecular flexibility index (Phi) is 6.15. The van der Waals surface area contributed by atoms with Crippen LogP contribution in [0, 0.1) is 0 Å². The Morgan fingerprint density at radius 2 is 2.29 bits per heavy atom. The van der Waals surface area contributed by atoms with Crippen molar-refractivity contribution in [2.45, 2.75) is 32.3 Å². The maximum absolute atomic E-state index is 5.63. The third-order valence-electron chi connectivity index (χ3n) is 2.83.